The summed E-state index contributed by atoms with van der Waals surface area (Å²) in [4.78, 5) is 12.1. The first-order valence-electron chi connectivity index (χ1n) is 7.77. The first-order chi connectivity index (χ1) is 9.31. The van der Waals surface area contributed by atoms with Crippen LogP contribution in [0.4, 0.5) is 0 Å². The van der Waals surface area contributed by atoms with Crippen molar-refractivity contribution >= 4 is 5.97 Å². The van der Waals surface area contributed by atoms with Crippen molar-refractivity contribution in [1.82, 2.24) is 0 Å². The molecule has 19 heavy (non-hydrogen) atoms. The fourth-order valence-electron chi connectivity index (χ4n) is 6.53. The normalized spacial score (nSPS) is 58.3. The third-order valence-corrected chi connectivity index (χ3v) is 6.85. The van der Waals surface area contributed by atoms with Crippen LogP contribution in [0.5, 0.6) is 0 Å². The summed E-state index contributed by atoms with van der Waals surface area (Å²) in [7, 11) is 0. The number of aliphatic hydroxyl groups is 1. The molecule has 0 aromatic heterocycles. The average Bonchev–Trinajstić information content (AvgIpc) is 2.86. The van der Waals surface area contributed by atoms with Gasteiger partial charge in [-0.25, -0.2) is 0 Å². The number of fused-ring (bicyclic) bond motifs is 8. The Labute approximate surface area is 113 Å². The Kier molecular flexibility index (Phi) is 1.97. The molecule has 1 N–H and O–H groups in total. The number of allylic oxidation sites excluding steroid dienone is 2. The molecular weight excluding hydrogens is 240 g/mol. The van der Waals surface area contributed by atoms with Crippen molar-refractivity contribution in [2.24, 2.45) is 53.3 Å². The lowest BCUT2D eigenvalue weighted by molar-refractivity contribution is -0.152. The first kappa shape index (κ1) is 10.9. The van der Waals surface area contributed by atoms with E-state index in [9.17, 15) is 4.79 Å². The smallest absolute Gasteiger partial charge is 0.309 e. The minimum Gasteiger partial charge on any atom is -0.463 e. The number of hydrogen-bond donors (Lipinski definition) is 1. The molecule has 3 heteroatoms. The van der Waals surface area contributed by atoms with Crippen LogP contribution < -0.4 is 0 Å². The van der Waals surface area contributed by atoms with Crippen LogP contribution in [0, 0.1) is 53.3 Å². The largest absolute Gasteiger partial charge is 0.463 e. The van der Waals surface area contributed by atoms with Gasteiger partial charge in [-0.15, -0.1) is 0 Å². The number of ether oxygens (including phenoxy) is 1. The summed E-state index contributed by atoms with van der Waals surface area (Å²) < 4.78 is 5.19. The van der Waals surface area contributed by atoms with Crippen LogP contribution in [0.25, 0.3) is 0 Å². The number of rotatable bonds is 3. The van der Waals surface area contributed by atoms with E-state index in [-0.39, 0.29) is 25.1 Å². The average molecular weight is 260 g/mol. The van der Waals surface area contributed by atoms with Gasteiger partial charge in [-0.2, -0.15) is 0 Å². The maximum Gasteiger partial charge on any atom is 0.309 e. The number of aliphatic hydroxyl groups excluding tert-OH is 1. The van der Waals surface area contributed by atoms with Crippen molar-refractivity contribution in [1.29, 1.82) is 0 Å². The Morgan fingerprint density at radius 1 is 1.11 bits per heavy atom. The van der Waals surface area contributed by atoms with Gasteiger partial charge in [0.05, 0.1) is 12.5 Å². The molecule has 3 nitrogen and oxygen atoms in total. The summed E-state index contributed by atoms with van der Waals surface area (Å²) in [6.45, 7) is 0.104. The van der Waals surface area contributed by atoms with E-state index in [0.717, 1.165) is 47.8 Å². The second-order valence-corrected chi connectivity index (χ2v) is 7.24. The summed E-state index contributed by atoms with van der Waals surface area (Å²) in [6.07, 6.45) is 7.22. The van der Waals surface area contributed by atoms with Crippen molar-refractivity contribution in [3.05, 3.63) is 12.2 Å². The zero-order valence-electron chi connectivity index (χ0n) is 10.9. The highest BCUT2D eigenvalue weighted by Crippen LogP contribution is 2.78. The molecule has 2 bridgehead atoms. The molecule has 9 atom stereocenters. The zero-order chi connectivity index (χ0) is 12.7. The SMILES string of the molecule is O=C(OCCO)C1CC2CC1C1C3C=CC4C3C4C21. The lowest BCUT2D eigenvalue weighted by atomic mass is 9.70. The molecule has 0 amide bonds. The van der Waals surface area contributed by atoms with Crippen LogP contribution in [-0.2, 0) is 9.53 Å². The minimum absolute atomic E-state index is 0.0425. The van der Waals surface area contributed by atoms with Crippen LogP contribution in [0.15, 0.2) is 12.2 Å². The second kappa shape index (κ2) is 3.43. The maximum absolute atomic E-state index is 12.1. The molecule has 0 spiro atoms. The van der Waals surface area contributed by atoms with Gasteiger partial charge >= 0.3 is 5.97 Å². The van der Waals surface area contributed by atoms with Crippen molar-refractivity contribution < 1.29 is 14.6 Å². The number of esters is 1. The number of carbonyl (C=O) groups is 1. The molecule has 0 aromatic carbocycles. The number of carbonyl (C=O) groups excluding carboxylic acids is 1. The molecule has 0 saturated heterocycles. The Morgan fingerprint density at radius 3 is 2.68 bits per heavy atom. The van der Waals surface area contributed by atoms with E-state index >= 15 is 0 Å². The predicted molar refractivity (Wildman–Crippen MR) is 67.8 cm³/mol. The van der Waals surface area contributed by atoms with Crippen LogP contribution >= 0.6 is 0 Å². The van der Waals surface area contributed by atoms with Crippen LogP contribution in [0.2, 0.25) is 0 Å². The molecule has 0 aliphatic heterocycles. The van der Waals surface area contributed by atoms with E-state index in [0.29, 0.717) is 5.92 Å². The first-order valence-corrected chi connectivity index (χ1v) is 7.77. The van der Waals surface area contributed by atoms with E-state index in [1.807, 2.05) is 0 Å². The van der Waals surface area contributed by atoms with E-state index in [2.05, 4.69) is 12.2 Å². The highest BCUT2D eigenvalue weighted by molar-refractivity contribution is 5.73. The summed E-state index contributed by atoms with van der Waals surface area (Å²) in [5.74, 6) is 6.75. The predicted octanol–water partition coefficient (Wildman–Crippen LogP) is 1.47. The van der Waals surface area contributed by atoms with Gasteiger partial charge in [0.1, 0.15) is 6.61 Å². The summed E-state index contributed by atoms with van der Waals surface area (Å²) >= 11 is 0. The van der Waals surface area contributed by atoms with Crippen LogP contribution in [0.3, 0.4) is 0 Å². The van der Waals surface area contributed by atoms with Crippen LogP contribution in [-0.4, -0.2) is 24.3 Å². The number of hydrogen-bond acceptors (Lipinski definition) is 3. The molecule has 5 aliphatic carbocycles. The van der Waals surface area contributed by atoms with Gasteiger partial charge in [-0.3, -0.25) is 4.79 Å². The molecule has 5 rings (SSSR count). The van der Waals surface area contributed by atoms with E-state index < -0.39 is 0 Å². The molecule has 0 radical (unpaired) electrons. The zero-order valence-corrected chi connectivity index (χ0v) is 10.9. The van der Waals surface area contributed by atoms with E-state index in [4.69, 9.17) is 9.84 Å². The fourth-order valence-corrected chi connectivity index (χ4v) is 6.53. The maximum atomic E-state index is 12.1. The van der Waals surface area contributed by atoms with E-state index in [1.54, 1.807) is 0 Å². The van der Waals surface area contributed by atoms with Gasteiger partial charge < -0.3 is 9.84 Å². The second-order valence-electron chi connectivity index (χ2n) is 7.24. The minimum atomic E-state index is -0.0597. The lowest BCUT2D eigenvalue weighted by Crippen LogP contribution is -2.35. The quantitative estimate of drug-likeness (QED) is 0.617. The summed E-state index contributed by atoms with van der Waals surface area (Å²) in [5, 5.41) is 8.78. The highest BCUT2D eigenvalue weighted by atomic mass is 16.5. The van der Waals surface area contributed by atoms with Gasteiger partial charge in [0.25, 0.3) is 0 Å². The lowest BCUT2D eigenvalue weighted by Gasteiger charge is -2.34. The van der Waals surface area contributed by atoms with E-state index in [1.165, 1.54) is 6.42 Å². The molecule has 0 heterocycles. The molecule has 102 valence electrons. The van der Waals surface area contributed by atoms with Gasteiger partial charge in [0, 0.05) is 0 Å². The van der Waals surface area contributed by atoms with Crippen LogP contribution in [0.1, 0.15) is 12.8 Å². The summed E-state index contributed by atoms with van der Waals surface area (Å²) in [6, 6.07) is 0. The van der Waals surface area contributed by atoms with Crippen molar-refractivity contribution in [3.8, 4) is 0 Å². The third-order valence-electron chi connectivity index (χ3n) is 6.85. The molecule has 4 saturated carbocycles. The van der Waals surface area contributed by atoms with Gasteiger partial charge in [-0.05, 0) is 60.2 Å². The van der Waals surface area contributed by atoms with Gasteiger partial charge in [0.2, 0.25) is 0 Å². The van der Waals surface area contributed by atoms with Crippen molar-refractivity contribution in [2.45, 2.75) is 12.8 Å². The Hall–Kier alpha value is -0.830. The van der Waals surface area contributed by atoms with Gasteiger partial charge in [-0.1, -0.05) is 12.2 Å². The Bertz CT molecular complexity index is 471. The fraction of sp³-hybridized carbons (Fsp3) is 0.812. The molecule has 9 unspecified atom stereocenters. The highest BCUT2D eigenvalue weighted by Gasteiger charge is 2.74. The standard InChI is InChI=1S/C16H20O3/c17-3-4-19-16(18)11-6-7-5-10(11)14-8-1-2-9-13(8)15(9)12(7)14/h1-2,7-15,17H,3-6H2. The Morgan fingerprint density at radius 2 is 1.89 bits per heavy atom. The Balaban J connectivity index is 1.38. The van der Waals surface area contributed by atoms with Crippen molar-refractivity contribution in [3.63, 3.8) is 0 Å². The third kappa shape index (κ3) is 1.17. The molecule has 5 aliphatic rings. The van der Waals surface area contributed by atoms with Gasteiger partial charge in [0.15, 0.2) is 0 Å². The monoisotopic (exact) mass is 260 g/mol. The molecule has 0 aromatic rings. The molecule has 4 fully saturated rings. The van der Waals surface area contributed by atoms with Crippen molar-refractivity contribution in [2.75, 3.05) is 13.2 Å². The topological polar surface area (TPSA) is 46.5 Å². The molecular formula is C16H20O3. The summed E-state index contributed by atoms with van der Waals surface area (Å²) in [5.41, 5.74) is 0.